The summed E-state index contributed by atoms with van der Waals surface area (Å²) >= 11 is 0. The molecule has 1 heteroatoms. The Balaban J connectivity index is 1.88. The first-order valence-corrected chi connectivity index (χ1v) is 5.37. The molecule has 0 saturated carbocycles. The number of nitrogens with zero attached hydrogens (tertiary/aromatic N) is 1. The lowest BCUT2D eigenvalue weighted by molar-refractivity contribution is 0.179. The average molecular weight is 165 g/mol. The molecule has 1 heterocycles. The number of likely N-dealkylation sites (tertiary alicyclic amines) is 1. The maximum absolute atomic E-state index is 2.67. The fourth-order valence-electron chi connectivity index (χ4n) is 2.35. The lowest BCUT2D eigenvalue weighted by atomic mass is 9.99. The molecule has 0 spiro atoms. The van der Waals surface area contributed by atoms with E-state index in [0.29, 0.717) is 0 Å². The Hall–Kier alpha value is -0.300. The van der Waals surface area contributed by atoms with Crippen LogP contribution in [0.2, 0.25) is 0 Å². The summed E-state index contributed by atoms with van der Waals surface area (Å²) in [5.74, 6) is 0. The Kier molecular flexibility index (Phi) is 2.83. The van der Waals surface area contributed by atoms with E-state index in [2.05, 4.69) is 17.1 Å². The van der Waals surface area contributed by atoms with Crippen molar-refractivity contribution in [3.8, 4) is 0 Å². The van der Waals surface area contributed by atoms with Crippen molar-refractivity contribution in [2.45, 2.75) is 44.6 Å². The number of rotatable bonds is 1. The van der Waals surface area contributed by atoms with Crippen molar-refractivity contribution < 1.29 is 0 Å². The van der Waals surface area contributed by atoms with Gasteiger partial charge in [-0.3, -0.25) is 4.90 Å². The van der Waals surface area contributed by atoms with Crippen LogP contribution in [0.15, 0.2) is 12.2 Å². The Bertz CT molecular complexity index is 156. The van der Waals surface area contributed by atoms with Crippen molar-refractivity contribution in [1.82, 2.24) is 4.90 Å². The molecular weight excluding hydrogens is 146 g/mol. The zero-order valence-corrected chi connectivity index (χ0v) is 7.84. The fraction of sp³-hybridized carbons (Fsp3) is 0.818. The molecule has 2 aliphatic rings. The van der Waals surface area contributed by atoms with Crippen LogP contribution < -0.4 is 0 Å². The van der Waals surface area contributed by atoms with Crippen molar-refractivity contribution in [2.75, 3.05) is 13.1 Å². The summed E-state index contributed by atoms with van der Waals surface area (Å²) in [7, 11) is 0. The second-order valence-corrected chi connectivity index (χ2v) is 4.02. The summed E-state index contributed by atoms with van der Waals surface area (Å²) in [6, 6.07) is 0.791. The molecule has 1 aliphatic carbocycles. The van der Waals surface area contributed by atoms with Crippen molar-refractivity contribution in [3.63, 3.8) is 0 Å². The molecule has 0 N–H and O–H groups in total. The highest BCUT2D eigenvalue weighted by atomic mass is 15.2. The van der Waals surface area contributed by atoms with Gasteiger partial charge in [-0.1, -0.05) is 18.6 Å². The van der Waals surface area contributed by atoms with E-state index in [1.807, 2.05) is 0 Å². The molecule has 0 aromatic rings. The molecule has 1 aliphatic heterocycles. The molecule has 0 amide bonds. The quantitative estimate of drug-likeness (QED) is 0.540. The highest BCUT2D eigenvalue weighted by molar-refractivity contribution is 4.98. The highest BCUT2D eigenvalue weighted by Gasteiger charge is 2.18. The van der Waals surface area contributed by atoms with Gasteiger partial charge in [-0.25, -0.2) is 0 Å². The van der Waals surface area contributed by atoms with Crippen LogP contribution in [0.5, 0.6) is 0 Å². The Morgan fingerprint density at radius 1 is 1.00 bits per heavy atom. The molecular formula is C11H19N. The van der Waals surface area contributed by atoms with Crippen molar-refractivity contribution in [2.24, 2.45) is 0 Å². The van der Waals surface area contributed by atoms with E-state index in [9.17, 15) is 0 Å². The van der Waals surface area contributed by atoms with Gasteiger partial charge >= 0.3 is 0 Å². The van der Waals surface area contributed by atoms with Crippen LogP contribution >= 0.6 is 0 Å². The summed E-state index contributed by atoms with van der Waals surface area (Å²) in [5.41, 5.74) is 0. The Labute approximate surface area is 75.4 Å². The Morgan fingerprint density at radius 2 is 1.83 bits per heavy atom. The Morgan fingerprint density at radius 3 is 2.50 bits per heavy atom. The molecule has 0 radical (unpaired) electrons. The normalized spacial score (nSPS) is 32.2. The predicted octanol–water partition coefficient (Wildman–Crippen LogP) is 2.58. The second kappa shape index (κ2) is 4.08. The van der Waals surface area contributed by atoms with Crippen LogP contribution in [-0.2, 0) is 0 Å². The zero-order valence-electron chi connectivity index (χ0n) is 7.84. The molecule has 2 rings (SSSR count). The lowest BCUT2D eigenvalue weighted by Crippen LogP contribution is -2.38. The van der Waals surface area contributed by atoms with E-state index < -0.39 is 0 Å². The van der Waals surface area contributed by atoms with Gasteiger partial charge in [0.05, 0.1) is 0 Å². The van der Waals surface area contributed by atoms with Crippen molar-refractivity contribution in [1.29, 1.82) is 0 Å². The van der Waals surface area contributed by atoms with Crippen LogP contribution in [0, 0.1) is 0 Å². The third-order valence-electron chi connectivity index (χ3n) is 3.09. The topological polar surface area (TPSA) is 3.24 Å². The third-order valence-corrected chi connectivity index (χ3v) is 3.09. The van der Waals surface area contributed by atoms with Crippen LogP contribution in [0.4, 0.5) is 0 Å². The number of piperidine rings is 1. The van der Waals surface area contributed by atoms with Gasteiger partial charge in [0.1, 0.15) is 0 Å². The molecule has 0 bridgehead atoms. The summed E-state index contributed by atoms with van der Waals surface area (Å²) < 4.78 is 0. The first-order chi connectivity index (χ1) is 5.97. The van der Waals surface area contributed by atoms with Crippen LogP contribution in [0.1, 0.15) is 38.5 Å². The standard InChI is InChI=1S/C11H19N/c1-3-7-11(8-4-1)12-9-5-2-6-10-12/h3,7,11H,1-2,4-6,8-10H2/t11-/m1/s1. The summed E-state index contributed by atoms with van der Waals surface area (Å²) in [6.07, 6.45) is 13.2. The maximum atomic E-state index is 2.67. The monoisotopic (exact) mass is 165 g/mol. The SMILES string of the molecule is C1=C[C@@H](N2CCCCC2)CCC1. The van der Waals surface area contributed by atoms with Gasteiger partial charge in [0, 0.05) is 6.04 Å². The smallest absolute Gasteiger partial charge is 0.0278 e. The van der Waals surface area contributed by atoms with E-state index in [4.69, 9.17) is 0 Å². The first-order valence-electron chi connectivity index (χ1n) is 5.37. The predicted molar refractivity (Wildman–Crippen MR) is 52.2 cm³/mol. The maximum Gasteiger partial charge on any atom is 0.0278 e. The van der Waals surface area contributed by atoms with Crippen molar-refractivity contribution in [3.05, 3.63) is 12.2 Å². The number of hydrogen-bond donors (Lipinski definition) is 0. The molecule has 1 fully saturated rings. The zero-order chi connectivity index (χ0) is 8.23. The minimum atomic E-state index is 0.791. The van der Waals surface area contributed by atoms with Gasteiger partial charge in [-0.2, -0.15) is 0 Å². The molecule has 1 saturated heterocycles. The molecule has 68 valence electrons. The largest absolute Gasteiger partial charge is 0.297 e. The lowest BCUT2D eigenvalue weighted by Gasteiger charge is -2.34. The average Bonchev–Trinajstić information content (AvgIpc) is 2.21. The second-order valence-electron chi connectivity index (χ2n) is 4.02. The minimum Gasteiger partial charge on any atom is -0.297 e. The number of allylic oxidation sites excluding steroid dienone is 1. The van der Waals surface area contributed by atoms with Crippen LogP contribution in [0.3, 0.4) is 0 Å². The molecule has 12 heavy (non-hydrogen) atoms. The van der Waals surface area contributed by atoms with Gasteiger partial charge in [0.2, 0.25) is 0 Å². The first kappa shape index (κ1) is 8.31. The van der Waals surface area contributed by atoms with E-state index in [0.717, 1.165) is 6.04 Å². The fourth-order valence-corrected chi connectivity index (χ4v) is 2.35. The van der Waals surface area contributed by atoms with Gasteiger partial charge < -0.3 is 0 Å². The third kappa shape index (κ3) is 1.89. The van der Waals surface area contributed by atoms with Crippen molar-refractivity contribution >= 4 is 0 Å². The van der Waals surface area contributed by atoms with E-state index in [1.165, 1.54) is 51.6 Å². The summed E-state index contributed by atoms with van der Waals surface area (Å²) in [4.78, 5) is 2.67. The highest BCUT2D eigenvalue weighted by Crippen LogP contribution is 2.20. The van der Waals surface area contributed by atoms with Gasteiger partial charge in [-0.15, -0.1) is 0 Å². The van der Waals surface area contributed by atoms with Crippen LogP contribution in [0.25, 0.3) is 0 Å². The minimum absolute atomic E-state index is 0.791. The van der Waals surface area contributed by atoms with E-state index in [-0.39, 0.29) is 0 Å². The summed E-state index contributed by atoms with van der Waals surface area (Å²) in [5, 5.41) is 0. The molecule has 1 nitrogen and oxygen atoms in total. The summed E-state index contributed by atoms with van der Waals surface area (Å²) in [6.45, 7) is 2.68. The van der Waals surface area contributed by atoms with Gasteiger partial charge in [-0.05, 0) is 45.2 Å². The van der Waals surface area contributed by atoms with E-state index >= 15 is 0 Å². The molecule has 0 aromatic heterocycles. The number of hydrogen-bond acceptors (Lipinski definition) is 1. The molecule has 1 atom stereocenters. The molecule has 0 unspecified atom stereocenters. The van der Waals surface area contributed by atoms with Crippen LogP contribution in [-0.4, -0.2) is 24.0 Å². The van der Waals surface area contributed by atoms with Gasteiger partial charge in [0.25, 0.3) is 0 Å². The van der Waals surface area contributed by atoms with E-state index in [1.54, 1.807) is 0 Å². The molecule has 0 aromatic carbocycles. The van der Waals surface area contributed by atoms with Gasteiger partial charge in [0.15, 0.2) is 0 Å².